The highest BCUT2D eigenvalue weighted by molar-refractivity contribution is 5.73. The van der Waals surface area contributed by atoms with Gasteiger partial charge in [-0.2, -0.15) is 0 Å². The first-order valence-corrected chi connectivity index (χ1v) is 7.24. The van der Waals surface area contributed by atoms with Crippen LogP contribution in [0.5, 0.6) is 5.75 Å². The van der Waals surface area contributed by atoms with Crippen LogP contribution in [0.25, 0.3) is 0 Å². The van der Waals surface area contributed by atoms with Gasteiger partial charge in [-0.25, -0.2) is 0 Å². The van der Waals surface area contributed by atoms with E-state index < -0.39 is 0 Å². The highest BCUT2D eigenvalue weighted by Gasteiger charge is 2.32. The first kappa shape index (κ1) is 15.8. The Bertz CT molecular complexity index is 469. The summed E-state index contributed by atoms with van der Waals surface area (Å²) in [4.78, 5) is 11.4. The molecule has 0 aliphatic carbocycles. The van der Waals surface area contributed by atoms with Gasteiger partial charge in [0.15, 0.2) is 0 Å². The third-order valence-corrected chi connectivity index (χ3v) is 4.06. The van der Waals surface area contributed by atoms with Crippen molar-refractivity contribution in [3.05, 3.63) is 29.8 Å². The molecule has 5 heteroatoms. The lowest BCUT2D eigenvalue weighted by Gasteiger charge is -2.35. The van der Waals surface area contributed by atoms with Crippen molar-refractivity contribution in [2.45, 2.75) is 19.3 Å². The van der Waals surface area contributed by atoms with Gasteiger partial charge in [-0.05, 0) is 18.9 Å². The molecule has 0 radical (unpaired) electrons. The molecular weight excluding hydrogens is 270 g/mol. The first-order valence-electron chi connectivity index (χ1n) is 7.24. The zero-order valence-electron chi connectivity index (χ0n) is 12.5. The molecule has 5 nitrogen and oxygen atoms in total. The van der Waals surface area contributed by atoms with E-state index in [1.807, 2.05) is 24.3 Å². The van der Waals surface area contributed by atoms with Gasteiger partial charge in [0, 0.05) is 30.7 Å². The van der Waals surface area contributed by atoms with E-state index in [2.05, 4.69) is 0 Å². The maximum atomic E-state index is 11.4. The molecule has 1 aromatic rings. The van der Waals surface area contributed by atoms with Crippen LogP contribution >= 0.6 is 0 Å². The van der Waals surface area contributed by atoms with Crippen molar-refractivity contribution in [3.63, 3.8) is 0 Å². The molecule has 21 heavy (non-hydrogen) atoms. The van der Waals surface area contributed by atoms with E-state index in [9.17, 15) is 4.79 Å². The Balaban J connectivity index is 2.03. The van der Waals surface area contributed by atoms with Crippen LogP contribution < -0.4 is 10.5 Å². The number of methoxy groups -OCH3 is 1. The maximum Gasteiger partial charge on any atom is 0.310 e. The van der Waals surface area contributed by atoms with Crippen molar-refractivity contribution in [1.29, 1.82) is 0 Å². The second kappa shape index (κ2) is 7.43. The van der Waals surface area contributed by atoms with E-state index >= 15 is 0 Å². The summed E-state index contributed by atoms with van der Waals surface area (Å²) in [5.41, 5.74) is 6.74. The number of carbonyl (C=O) groups excluding carboxylic acids is 1. The van der Waals surface area contributed by atoms with E-state index in [0.717, 1.165) is 37.4 Å². The molecule has 0 bridgehead atoms. The minimum Gasteiger partial charge on any atom is -0.493 e. The topological polar surface area (TPSA) is 70.8 Å². The molecule has 0 amide bonds. The Hall–Kier alpha value is -1.59. The lowest BCUT2D eigenvalue weighted by molar-refractivity contribution is -0.139. The molecule has 116 valence electrons. The molecule has 0 unspecified atom stereocenters. The Labute approximate surface area is 125 Å². The van der Waals surface area contributed by atoms with E-state index in [1.165, 1.54) is 7.11 Å². The fourth-order valence-electron chi connectivity index (χ4n) is 2.46. The van der Waals surface area contributed by atoms with E-state index in [0.29, 0.717) is 13.2 Å². The van der Waals surface area contributed by atoms with Crippen LogP contribution in [-0.2, 0) is 20.7 Å². The molecule has 0 atom stereocenters. The number of hydrogen-bond acceptors (Lipinski definition) is 5. The van der Waals surface area contributed by atoms with Crippen molar-refractivity contribution < 1.29 is 19.0 Å². The van der Waals surface area contributed by atoms with Crippen LogP contribution in [0.15, 0.2) is 24.3 Å². The number of para-hydroxylation sites is 1. The van der Waals surface area contributed by atoms with Crippen LogP contribution in [-0.4, -0.2) is 39.4 Å². The summed E-state index contributed by atoms with van der Waals surface area (Å²) >= 11 is 0. The lowest BCUT2D eigenvalue weighted by Crippen LogP contribution is -2.41. The molecule has 1 heterocycles. The molecule has 0 saturated carbocycles. The maximum absolute atomic E-state index is 11.4. The van der Waals surface area contributed by atoms with Crippen LogP contribution in [0, 0.1) is 5.41 Å². The van der Waals surface area contributed by atoms with Gasteiger partial charge in [-0.15, -0.1) is 0 Å². The predicted octanol–water partition coefficient (Wildman–Crippen LogP) is 1.54. The highest BCUT2D eigenvalue weighted by Crippen LogP contribution is 2.31. The molecule has 1 saturated heterocycles. The molecule has 1 aliphatic heterocycles. The third kappa shape index (κ3) is 4.19. The standard InChI is InChI=1S/C16H23NO4/c1-19-15(18)10-13-4-2-3-5-14(13)21-12-16(11-17)6-8-20-9-7-16/h2-5H,6-12,17H2,1H3. The smallest absolute Gasteiger partial charge is 0.310 e. The monoisotopic (exact) mass is 293 g/mol. The molecule has 1 aromatic carbocycles. The van der Waals surface area contributed by atoms with Gasteiger partial charge < -0.3 is 19.9 Å². The Kier molecular flexibility index (Phi) is 5.59. The molecule has 1 aliphatic rings. The quantitative estimate of drug-likeness (QED) is 0.806. The number of nitrogens with two attached hydrogens (primary N) is 1. The summed E-state index contributed by atoms with van der Waals surface area (Å²) < 4.78 is 16.1. The zero-order chi connectivity index (χ0) is 15.1. The van der Waals surface area contributed by atoms with Gasteiger partial charge in [0.05, 0.1) is 20.1 Å². The number of hydrogen-bond donors (Lipinski definition) is 1. The van der Waals surface area contributed by atoms with Crippen LogP contribution in [0.1, 0.15) is 18.4 Å². The number of rotatable bonds is 6. The average Bonchev–Trinajstić information content (AvgIpc) is 2.55. The van der Waals surface area contributed by atoms with Crippen LogP contribution in [0.3, 0.4) is 0 Å². The Morgan fingerprint density at radius 1 is 1.33 bits per heavy atom. The normalized spacial score (nSPS) is 17.2. The van der Waals surface area contributed by atoms with Crippen molar-refractivity contribution in [2.24, 2.45) is 11.1 Å². The summed E-state index contributed by atoms with van der Waals surface area (Å²) in [6.45, 7) is 2.58. The minimum absolute atomic E-state index is 0.0311. The molecule has 0 spiro atoms. The minimum atomic E-state index is -0.273. The van der Waals surface area contributed by atoms with Crippen LogP contribution in [0.4, 0.5) is 0 Å². The summed E-state index contributed by atoms with van der Waals surface area (Å²) in [5.74, 6) is 0.452. The summed E-state index contributed by atoms with van der Waals surface area (Å²) in [6, 6.07) is 7.54. The van der Waals surface area contributed by atoms with E-state index in [4.69, 9.17) is 19.9 Å². The van der Waals surface area contributed by atoms with Gasteiger partial charge in [0.25, 0.3) is 0 Å². The molecule has 2 N–H and O–H groups in total. The van der Waals surface area contributed by atoms with Crippen molar-refractivity contribution in [3.8, 4) is 5.75 Å². The number of carbonyl (C=O) groups is 1. The first-order chi connectivity index (χ1) is 10.2. The Morgan fingerprint density at radius 2 is 2.05 bits per heavy atom. The number of ether oxygens (including phenoxy) is 3. The van der Waals surface area contributed by atoms with E-state index in [-0.39, 0.29) is 17.8 Å². The summed E-state index contributed by atoms with van der Waals surface area (Å²) in [6.07, 6.45) is 2.02. The van der Waals surface area contributed by atoms with Crippen molar-refractivity contribution in [2.75, 3.05) is 33.5 Å². The second-order valence-electron chi connectivity index (χ2n) is 5.47. The number of esters is 1. The van der Waals surface area contributed by atoms with Gasteiger partial charge in [-0.1, -0.05) is 18.2 Å². The highest BCUT2D eigenvalue weighted by atomic mass is 16.5. The second-order valence-corrected chi connectivity index (χ2v) is 5.47. The fraction of sp³-hybridized carbons (Fsp3) is 0.562. The van der Waals surface area contributed by atoms with Crippen LogP contribution in [0.2, 0.25) is 0 Å². The Morgan fingerprint density at radius 3 is 2.71 bits per heavy atom. The SMILES string of the molecule is COC(=O)Cc1ccccc1OCC1(CN)CCOCC1. The average molecular weight is 293 g/mol. The largest absolute Gasteiger partial charge is 0.493 e. The molecule has 2 rings (SSSR count). The van der Waals surface area contributed by atoms with E-state index in [1.54, 1.807) is 0 Å². The fourth-order valence-corrected chi connectivity index (χ4v) is 2.46. The van der Waals surface area contributed by atoms with Gasteiger partial charge in [0.2, 0.25) is 0 Å². The third-order valence-electron chi connectivity index (χ3n) is 4.06. The molecule has 1 fully saturated rings. The van der Waals surface area contributed by atoms with Crippen molar-refractivity contribution >= 4 is 5.97 Å². The lowest BCUT2D eigenvalue weighted by atomic mass is 9.81. The van der Waals surface area contributed by atoms with Crippen molar-refractivity contribution in [1.82, 2.24) is 0 Å². The number of benzene rings is 1. The van der Waals surface area contributed by atoms with Gasteiger partial charge >= 0.3 is 5.97 Å². The van der Waals surface area contributed by atoms with Gasteiger partial charge in [-0.3, -0.25) is 4.79 Å². The molecular formula is C16H23NO4. The molecule has 0 aromatic heterocycles. The summed E-state index contributed by atoms with van der Waals surface area (Å²) in [5, 5.41) is 0. The summed E-state index contributed by atoms with van der Waals surface area (Å²) in [7, 11) is 1.39. The predicted molar refractivity (Wildman–Crippen MR) is 79.2 cm³/mol. The van der Waals surface area contributed by atoms with Gasteiger partial charge in [0.1, 0.15) is 5.75 Å². The zero-order valence-corrected chi connectivity index (χ0v) is 12.5.